The Bertz CT molecular complexity index is 228. The molecule has 0 saturated heterocycles. The van der Waals surface area contributed by atoms with E-state index in [1.54, 1.807) is 0 Å². The summed E-state index contributed by atoms with van der Waals surface area (Å²) in [7, 11) is 1.90. The van der Waals surface area contributed by atoms with Gasteiger partial charge in [-0.25, -0.2) is 0 Å². The molecule has 1 aliphatic carbocycles. The monoisotopic (exact) mass is 231 g/mol. The van der Waals surface area contributed by atoms with E-state index >= 15 is 0 Å². The standard InChI is InChI=1S/C12H22ClNO/c1-12(2,3)7-11(15)14(4)8-9-5-10(13)6-9/h9-10H,5-8H2,1-4H3. The molecule has 15 heavy (non-hydrogen) atoms. The van der Waals surface area contributed by atoms with Gasteiger partial charge in [-0.3, -0.25) is 4.79 Å². The van der Waals surface area contributed by atoms with Gasteiger partial charge in [-0.05, 0) is 24.2 Å². The van der Waals surface area contributed by atoms with Crippen LogP contribution in [-0.4, -0.2) is 29.8 Å². The summed E-state index contributed by atoms with van der Waals surface area (Å²) in [5, 5.41) is 0.348. The number of carbonyl (C=O) groups is 1. The number of nitrogens with zero attached hydrogens (tertiary/aromatic N) is 1. The molecule has 1 amide bonds. The minimum atomic E-state index is 0.0833. The molecule has 0 unspecified atom stereocenters. The topological polar surface area (TPSA) is 20.3 Å². The Kier molecular flexibility index (Phi) is 4.05. The molecule has 0 spiro atoms. The summed E-state index contributed by atoms with van der Waals surface area (Å²) in [6.07, 6.45) is 2.75. The van der Waals surface area contributed by atoms with Crippen LogP contribution in [0.1, 0.15) is 40.0 Å². The molecule has 3 heteroatoms. The highest BCUT2D eigenvalue weighted by Crippen LogP contribution is 2.32. The van der Waals surface area contributed by atoms with Crippen LogP contribution in [0.15, 0.2) is 0 Å². The lowest BCUT2D eigenvalue weighted by Gasteiger charge is -2.34. The van der Waals surface area contributed by atoms with Crippen molar-refractivity contribution in [3.05, 3.63) is 0 Å². The van der Waals surface area contributed by atoms with Crippen LogP contribution >= 0.6 is 11.6 Å². The van der Waals surface area contributed by atoms with E-state index in [0.717, 1.165) is 19.4 Å². The molecular weight excluding hydrogens is 210 g/mol. The second-order valence-corrected chi connectivity index (χ2v) is 6.56. The van der Waals surface area contributed by atoms with Crippen molar-refractivity contribution < 1.29 is 4.79 Å². The fourth-order valence-electron chi connectivity index (χ4n) is 1.88. The van der Waals surface area contributed by atoms with E-state index in [1.807, 2.05) is 11.9 Å². The smallest absolute Gasteiger partial charge is 0.222 e. The van der Waals surface area contributed by atoms with E-state index in [4.69, 9.17) is 11.6 Å². The number of carbonyl (C=O) groups excluding carboxylic acids is 1. The summed E-state index contributed by atoms with van der Waals surface area (Å²) in [6, 6.07) is 0. The number of hydrogen-bond donors (Lipinski definition) is 0. The Morgan fingerprint density at radius 3 is 2.33 bits per heavy atom. The first-order valence-electron chi connectivity index (χ1n) is 5.66. The van der Waals surface area contributed by atoms with Crippen molar-refractivity contribution in [1.82, 2.24) is 4.90 Å². The first kappa shape index (κ1) is 12.8. The molecule has 0 aromatic carbocycles. The number of rotatable bonds is 3. The molecule has 2 nitrogen and oxygen atoms in total. The lowest BCUT2D eigenvalue weighted by molar-refractivity contribution is -0.132. The van der Waals surface area contributed by atoms with Crippen molar-refractivity contribution in [2.75, 3.05) is 13.6 Å². The molecule has 1 aliphatic rings. The van der Waals surface area contributed by atoms with Gasteiger partial charge in [-0.2, -0.15) is 0 Å². The number of amides is 1. The lowest BCUT2D eigenvalue weighted by atomic mass is 9.84. The lowest BCUT2D eigenvalue weighted by Crippen LogP contribution is -2.39. The second-order valence-electron chi connectivity index (χ2n) is 5.95. The number of halogens is 1. The first-order valence-corrected chi connectivity index (χ1v) is 6.09. The molecule has 0 aromatic heterocycles. The predicted molar refractivity (Wildman–Crippen MR) is 64.1 cm³/mol. The summed E-state index contributed by atoms with van der Waals surface area (Å²) in [5.74, 6) is 0.877. The zero-order valence-electron chi connectivity index (χ0n) is 10.2. The van der Waals surface area contributed by atoms with Crippen LogP contribution in [0.2, 0.25) is 0 Å². The van der Waals surface area contributed by atoms with Crippen LogP contribution in [0.3, 0.4) is 0 Å². The summed E-state index contributed by atoms with van der Waals surface area (Å²) in [4.78, 5) is 13.7. The third-order valence-corrected chi connectivity index (χ3v) is 3.17. The Morgan fingerprint density at radius 1 is 1.40 bits per heavy atom. The molecular formula is C12H22ClNO. The Balaban J connectivity index is 2.27. The van der Waals surface area contributed by atoms with Crippen LogP contribution < -0.4 is 0 Å². The van der Waals surface area contributed by atoms with Crippen LogP contribution in [0.25, 0.3) is 0 Å². The predicted octanol–water partition coefficient (Wildman–Crippen LogP) is 2.90. The maximum absolute atomic E-state index is 11.8. The molecule has 0 aliphatic heterocycles. The molecule has 0 atom stereocenters. The second kappa shape index (κ2) is 4.73. The van der Waals surface area contributed by atoms with Crippen molar-refractivity contribution in [2.45, 2.75) is 45.4 Å². The Morgan fingerprint density at radius 2 is 1.93 bits per heavy atom. The van der Waals surface area contributed by atoms with Crippen LogP contribution in [0, 0.1) is 11.3 Å². The van der Waals surface area contributed by atoms with Gasteiger partial charge in [0, 0.05) is 25.4 Å². The van der Waals surface area contributed by atoms with Gasteiger partial charge >= 0.3 is 0 Å². The third kappa shape index (κ3) is 4.42. The molecule has 88 valence electrons. The maximum atomic E-state index is 11.8. The normalized spacial score (nSPS) is 25.9. The van der Waals surface area contributed by atoms with Crippen LogP contribution in [0.5, 0.6) is 0 Å². The van der Waals surface area contributed by atoms with Gasteiger partial charge in [0.15, 0.2) is 0 Å². The van der Waals surface area contributed by atoms with Gasteiger partial charge in [0.25, 0.3) is 0 Å². The minimum absolute atomic E-state index is 0.0833. The third-order valence-electron chi connectivity index (χ3n) is 2.82. The molecule has 0 aromatic rings. The average Bonchev–Trinajstić information content (AvgIpc) is 1.98. The number of alkyl halides is 1. The van der Waals surface area contributed by atoms with Gasteiger partial charge in [0.2, 0.25) is 5.91 Å². The molecule has 1 saturated carbocycles. The van der Waals surface area contributed by atoms with Crippen LogP contribution in [-0.2, 0) is 4.79 Å². The fourth-order valence-corrected chi connectivity index (χ4v) is 2.39. The Hall–Kier alpha value is -0.240. The van der Waals surface area contributed by atoms with Crippen molar-refractivity contribution in [3.63, 3.8) is 0 Å². The average molecular weight is 232 g/mol. The van der Waals surface area contributed by atoms with Gasteiger partial charge in [-0.15, -0.1) is 11.6 Å². The quantitative estimate of drug-likeness (QED) is 0.684. The van der Waals surface area contributed by atoms with E-state index in [0.29, 0.717) is 17.7 Å². The Labute approximate surface area is 98.0 Å². The van der Waals surface area contributed by atoms with Gasteiger partial charge in [-0.1, -0.05) is 20.8 Å². The molecule has 0 N–H and O–H groups in total. The van der Waals surface area contributed by atoms with Gasteiger partial charge in [0.05, 0.1) is 0 Å². The highest BCUT2D eigenvalue weighted by atomic mass is 35.5. The van der Waals surface area contributed by atoms with E-state index < -0.39 is 0 Å². The van der Waals surface area contributed by atoms with Crippen molar-refractivity contribution in [2.24, 2.45) is 11.3 Å². The zero-order chi connectivity index (χ0) is 11.6. The maximum Gasteiger partial charge on any atom is 0.222 e. The van der Waals surface area contributed by atoms with Gasteiger partial charge < -0.3 is 4.90 Å². The molecule has 1 fully saturated rings. The molecule has 0 bridgehead atoms. The van der Waals surface area contributed by atoms with E-state index in [1.165, 1.54) is 0 Å². The van der Waals surface area contributed by atoms with Crippen LogP contribution in [0.4, 0.5) is 0 Å². The summed E-state index contributed by atoms with van der Waals surface area (Å²) in [6.45, 7) is 7.16. The van der Waals surface area contributed by atoms with Crippen molar-refractivity contribution in [1.29, 1.82) is 0 Å². The number of hydrogen-bond acceptors (Lipinski definition) is 1. The zero-order valence-corrected chi connectivity index (χ0v) is 11.0. The van der Waals surface area contributed by atoms with E-state index in [2.05, 4.69) is 20.8 Å². The summed E-state index contributed by atoms with van der Waals surface area (Å²) < 4.78 is 0. The molecule has 1 rings (SSSR count). The first-order chi connectivity index (χ1) is 6.78. The summed E-state index contributed by atoms with van der Waals surface area (Å²) >= 11 is 5.91. The van der Waals surface area contributed by atoms with Gasteiger partial charge in [0.1, 0.15) is 0 Å². The highest BCUT2D eigenvalue weighted by Gasteiger charge is 2.29. The molecule has 0 heterocycles. The fraction of sp³-hybridized carbons (Fsp3) is 0.917. The highest BCUT2D eigenvalue weighted by molar-refractivity contribution is 6.21. The minimum Gasteiger partial charge on any atom is -0.345 e. The molecule has 0 radical (unpaired) electrons. The van der Waals surface area contributed by atoms with Crippen molar-refractivity contribution in [3.8, 4) is 0 Å². The largest absolute Gasteiger partial charge is 0.345 e. The van der Waals surface area contributed by atoms with E-state index in [-0.39, 0.29) is 11.3 Å². The van der Waals surface area contributed by atoms with E-state index in [9.17, 15) is 4.79 Å². The SMILES string of the molecule is CN(CC1CC(Cl)C1)C(=O)CC(C)(C)C. The van der Waals surface area contributed by atoms with Crippen molar-refractivity contribution >= 4 is 17.5 Å². The summed E-state index contributed by atoms with van der Waals surface area (Å²) in [5.41, 5.74) is 0.0833.